The molecule has 0 aliphatic heterocycles. The van der Waals surface area contributed by atoms with Crippen LogP contribution < -0.4 is 0 Å². The van der Waals surface area contributed by atoms with Crippen molar-refractivity contribution in [3.63, 3.8) is 0 Å². The molecule has 19 heavy (non-hydrogen) atoms. The fourth-order valence-corrected chi connectivity index (χ4v) is 3.70. The summed E-state index contributed by atoms with van der Waals surface area (Å²) in [5.41, 5.74) is 1.11. The second-order valence-corrected chi connectivity index (χ2v) is 12.4. The summed E-state index contributed by atoms with van der Waals surface area (Å²) >= 11 is 0. The second kappa shape index (κ2) is 5.53. The van der Waals surface area contributed by atoms with Crippen LogP contribution in [0.2, 0.25) is 18.1 Å². The molecule has 0 saturated heterocycles. The van der Waals surface area contributed by atoms with Gasteiger partial charge in [-0.2, -0.15) is 0 Å². The third kappa shape index (κ3) is 3.79. The zero-order valence-electron chi connectivity index (χ0n) is 13.7. The molecule has 0 spiro atoms. The topological polar surface area (TPSA) is 26.3 Å². The fraction of sp³-hybridized carbons (Fsp3) is 0.812. The maximum atomic E-state index is 12.1. The maximum absolute atomic E-state index is 12.1. The molecule has 0 aromatic carbocycles. The number of ketones is 1. The molecular weight excluding hydrogens is 252 g/mol. The molecule has 0 aromatic heterocycles. The average molecular weight is 282 g/mol. The Balaban J connectivity index is 2.86. The van der Waals surface area contributed by atoms with Crippen LogP contribution in [-0.2, 0) is 9.22 Å². The van der Waals surface area contributed by atoms with Crippen LogP contribution in [0.4, 0.5) is 0 Å². The van der Waals surface area contributed by atoms with Crippen LogP contribution in [0.25, 0.3) is 0 Å². The average Bonchev–Trinajstić information content (AvgIpc) is 2.22. The van der Waals surface area contributed by atoms with E-state index in [0.29, 0.717) is 18.1 Å². The minimum absolute atomic E-state index is 0.0322. The van der Waals surface area contributed by atoms with Crippen LogP contribution in [0.15, 0.2) is 12.2 Å². The molecule has 1 rings (SSSR count). The van der Waals surface area contributed by atoms with E-state index in [0.717, 1.165) is 12.0 Å². The number of carbonyl (C=O) groups is 1. The summed E-state index contributed by atoms with van der Waals surface area (Å²) < 4.78 is 6.48. The van der Waals surface area contributed by atoms with E-state index >= 15 is 0 Å². The van der Waals surface area contributed by atoms with Crippen LogP contribution >= 0.6 is 0 Å². The lowest BCUT2D eigenvalue weighted by Gasteiger charge is -2.43. The number of carbonyl (C=O) groups excluding carboxylic acids is 1. The molecule has 1 aliphatic rings. The highest BCUT2D eigenvalue weighted by Crippen LogP contribution is 2.41. The zero-order valence-corrected chi connectivity index (χ0v) is 14.7. The molecule has 110 valence electrons. The Hall–Kier alpha value is -0.413. The van der Waals surface area contributed by atoms with Crippen molar-refractivity contribution in [1.29, 1.82) is 0 Å². The number of hydrogen-bond donors (Lipinski definition) is 0. The van der Waals surface area contributed by atoms with Gasteiger partial charge in [-0.05, 0) is 37.4 Å². The van der Waals surface area contributed by atoms with Crippen molar-refractivity contribution in [2.75, 3.05) is 0 Å². The molecule has 0 radical (unpaired) electrons. The minimum atomic E-state index is -1.81. The monoisotopic (exact) mass is 282 g/mol. The van der Waals surface area contributed by atoms with E-state index in [2.05, 4.69) is 40.4 Å². The number of allylic oxidation sites excluding steroid dienone is 1. The molecule has 1 aliphatic carbocycles. The summed E-state index contributed by atoms with van der Waals surface area (Å²) in [6.45, 7) is 19.3. The molecule has 0 amide bonds. The molecular formula is C16H30O2Si. The highest BCUT2D eigenvalue weighted by molar-refractivity contribution is 6.74. The van der Waals surface area contributed by atoms with E-state index < -0.39 is 8.32 Å². The Labute approximate surface area is 119 Å². The normalized spacial score (nSPS) is 29.4. The Kier molecular flexibility index (Phi) is 4.84. The quantitative estimate of drug-likeness (QED) is 0.560. The largest absolute Gasteiger partial charge is 0.413 e. The van der Waals surface area contributed by atoms with Gasteiger partial charge in [-0.25, -0.2) is 0 Å². The van der Waals surface area contributed by atoms with Gasteiger partial charge in [-0.1, -0.05) is 39.8 Å². The van der Waals surface area contributed by atoms with E-state index in [1.165, 1.54) is 0 Å². The predicted octanol–water partition coefficient (Wildman–Crippen LogP) is 4.57. The molecule has 1 fully saturated rings. The standard InChI is InChI=1S/C16H30O2Si/c1-11(2)13-9-14(17)12(3)15(10-13)18-19(7,8)16(4,5)6/h12-13,15H,1,9-10H2,2-8H3/t12-,13-,15+/m0/s1. The van der Waals surface area contributed by atoms with Crippen LogP contribution in [-0.4, -0.2) is 20.2 Å². The minimum Gasteiger partial charge on any atom is -0.413 e. The van der Waals surface area contributed by atoms with Gasteiger partial charge in [-0.15, -0.1) is 0 Å². The first kappa shape index (κ1) is 16.6. The van der Waals surface area contributed by atoms with E-state index in [1.807, 2.05) is 13.8 Å². The molecule has 2 nitrogen and oxygen atoms in total. The molecule has 0 aromatic rings. The summed E-state index contributed by atoms with van der Waals surface area (Å²) in [5.74, 6) is 0.672. The SMILES string of the molecule is C=C(C)[C@H]1CC(=O)[C@H](C)[C@H](O[Si](C)(C)C(C)(C)C)C1. The molecule has 0 heterocycles. The van der Waals surface area contributed by atoms with Gasteiger partial charge in [0.1, 0.15) is 5.78 Å². The number of hydrogen-bond acceptors (Lipinski definition) is 2. The number of rotatable bonds is 3. The lowest BCUT2D eigenvalue weighted by molar-refractivity contribution is -0.129. The van der Waals surface area contributed by atoms with Crippen LogP contribution in [0.3, 0.4) is 0 Å². The lowest BCUT2D eigenvalue weighted by atomic mass is 9.77. The van der Waals surface area contributed by atoms with E-state index in [1.54, 1.807) is 0 Å². The van der Waals surface area contributed by atoms with E-state index in [4.69, 9.17) is 4.43 Å². The van der Waals surface area contributed by atoms with Crippen molar-refractivity contribution in [2.45, 2.75) is 71.7 Å². The van der Waals surface area contributed by atoms with Gasteiger partial charge in [0.05, 0.1) is 6.10 Å². The van der Waals surface area contributed by atoms with Gasteiger partial charge in [0.25, 0.3) is 0 Å². The van der Waals surface area contributed by atoms with Crippen LogP contribution in [0, 0.1) is 11.8 Å². The van der Waals surface area contributed by atoms with Gasteiger partial charge in [-0.3, -0.25) is 4.79 Å². The summed E-state index contributed by atoms with van der Waals surface area (Å²) in [5, 5.41) is 0.186. The lowest BCUT2D eigenvalue weighted by Crippen LogP contribution is -2.48. The zero-order chi connectivity index (χ0) is 15.0. The molecule has 3 atom stereocenters. The maximum Gasteiger partial charge on any atom is 0.192 e. The van der Waals surface area contributed by atoms with Crippen LogP contribution in [0.5, 0.6) is 0 Å². The van der Waals surface area contributed by atoms with Crippen molar-refractivity contribution in [3.8, 4) is 0 Å². The van der Waals surface area contributed by atoms with Gasteiger partial charge >= 0.3 is 0 Å². The van der Waals surface area contributed by atoms with Crippen molar-refractivity contribution in [3.05, 3.63) is 12.2 Å². The van der Waals surface area contributed by atoms with Crippen molar-refractivity contribution < 1.29 is 9.22 Å². The van der Waals surface area contributed by atoms with E-state index in [9.17, 15) is 4.79 Å². The molecule has 3 heteroatoms. The number of Topliss-reactive ketones (excluding diaryl/α,β-unsaturated/α-hetero) is 1. The Morgan fingerprint density at radius 3 is 2.32 bits per heavy atom. The summed E-state index contributed by atoms with van der Waals surface area (Å²) in [6, 6.07) is 0. The molecule has 1 saturated carbocycles. The van der Waals surface area contributed by atoms with Gasteiger partial charge < -0.3 is 4.43 Å². The summed E-state index contributed by atoms with van der Waals surface area (Å²) in [7, 11) is -1.81. The molecule has 0 bridgehead atoms. The third-order valence-corrected chi connectivity index (χ3v) is 9.48. The summed E-state index contributed by atoms with van der Waals surface area (Å²) in [4.78, 5) is 12.1. The first-order valence-corrected chi connectivity index (χ1v) is 10.2. The Morgan fingerprint density at radius 2 is 1.89 bits per heavy atom. The first-order valence-electron chi connectivity index (χ1n) is 7.31. The van der Waals surface area contributed by atoms with Crippen LogP contribution in [0.1, 0.15) is 47.5 Å². The van der Waals surface area contributed by atoms with Crippen molar-refractivity contribution in [2.24, 2.45) is 11.8 Å². The summed E-state index contributed by atoms with van der Waals surface area (Å²) in [6.07, 6.45) is 1.67. The van der Waals surface area contributed by atoms with E-state index in [-0.39, 0.29) is 17.1 Å². The Bertz CT molecular complexity index is 365. The molecule has 0 unspecified atom stereocenters. The van der Waals surface area contributed by atoms with Crippen molar-refractivity contribution in [1.82, 2.24) is 0 Å². The highest BCUT2D eigenvalue weighted by atomic mass is 28.4. The van der Waals surface area contributed by atoms with Gasteiger partial charge in [0.2, 0.25) is 0 Å². The smallest absolute Gasteiger partial charge is 0.192 e. The van der Waals surface area contributed by atoms with Gasteiger partial charge in [0.15, 0.2) is 8.32 Å². The van der Waals surface area contributed by atoms with Crippen molar-refractivity contribution >= 4 is 14.1 Å². The first-order chi connectivity index (χ1) is 8.45. The Morgan fingerprint density at radius 1 is 1.37 bits per heavy atom. The second-order valence-electron chi connectivity index (χ2n) is 7.65. The third-order valence-electron chi connectivity index (χ3n) is 4.98. The molecule has 0 N–H and O–H groups in total. The fourth-order valence-electron chi connectivity index (χ4n) is 2.28. The van der Waals surface area contributed by atoms with Gasteiger partial charge in [0, 0.05) is 12.3 Å². The highest BCUT2D eigenvalue weighted by Gasteiger charge is 2.43. The predicted molar refractivity (Wildman–Crippen MR) is 83.8 cm³/mol.